The Balaban J connectivity index is 0.000000202. The summed E-state index contributed by atoms with van der Waals surface area (Å²) in [6.45, 7) is -0.729. The number of thiol groups is 1. The molecule has 0 aromatic carbocycles. The Morgan fingerprint density at radius 1 is 1.50 bits per heavy atom. The molecule has 1 heterocycles. The summed E-state index contributed by atoms with van der Waals surface area (Å²) in [5.41, 5.74) is 0. The molecule has 0 fully saturated rings. The molecular formula is C5H10N2O3S2. The zero-order valence-corrected chi connectivity index (χ0v) is 7.87. The fourth-order valence-corrected chi connectivity index (χ4v) is 0.788. The molecule has 1 aromatic rings. The summed E-state index contributed by atoms with van der Waals surface area (Å²) in [5, 5.41) is 30.0. The molecule has 0 saturated heterocycles. The molecule has 7 heteroatoms. The van der Waals surface area contributed by atoms with E-state index < -0.39 is 6.10 Å². The van der Waals surface area contributed by atoms with E-state index in [4.69, 9.17) is 15.3 Å². The average molecular weight is 210 g/mol. The minimum Gasteiger partial charge on any atom is -0.394 e. The van der Waals surface area contributed by atoms with Gasteiger partial charge in [-0.3, -0.25) is 0 Å². The van der Waals surface area contributed by atoms with Crippen molar-refractivity contribution >= 4 is 24.2 Å². The van der Waals surface area contributed by atoms with Gasteiger partial charge >= 0.3 is 0 Å². The van der Waals surface area contributed by atoms with Gasteiger partial charge in [0.05, 0.1) is 13.2 Å². The molecule has 0 aliphatic carbocycles. The molecule has 0 spiro atoms. The average Bonchev–Trinajstić information content (AvgIpc) is 2.55. The molecule has 1 aromatic heterocycles. The highest BCUT2D eigenvalue weighted by Gasteiger charge is 1.93. The summed E-state index contributed by atoms with van der Waals surface area (Å²) in [7, 11) is 0. The van der Waals surface area contributed by atoms with Crippen LogP contribution in [-0.2, 0) is 0 Å². The second kappa shape index (κ2) is 7.44. The van der Waals surface area contributed by atoms with Crippen LogP contribution in [0.4, 0.5) is 0 Å². The van der Waals surface area contributed by atoms with E-state index in [9.17, 15) is 0 Å². The van der Waals surface area contributed by atoms with Gasteiger partial charge in [0.15, 0.2) is 0 Å². The highest BCUT2D eigenvalue weighted by molar-refractivity contribution is 7.80. The lowest BCUT2D eigenvalue weighted by Gasteiger charge is -1.96. The Hall–Kier alpha value is -0.210. The number of aliphatic hydroxyl groups is 3. The Bertz CT molecular complexity index is 179. The number of hydrogen-bond acceptors (Lipinski definition) is 7. The molecule has 0 atom stereocenters. The third-order valence-corrected chi connectivity index (χ3v) is 1.67. The Labute approximate surface area is 79.3 Å². The van der Waals surface area contributed by atoms with Crippen LogP contribution in [0.5, 0.6) is 0 Å². The van der Waals surface area contributed by atoms with Gasteiger partial charge in [0.2, 0.25) is 0 Å². The van der Waals surface area contributed by atoms with Gasteiger partial charge in [0.1, 0.15) is 11.1 Å². The van der Waals surface area contributed by atoms with Gasteiger partial charge in [0, 0.05) is 5.38 Å². The van der Waals surface area contributed by atoms with Gasteiger partial charge in [-0.15, -0.1) is 17.7 Å². The maximum absolute atomic E-state index is 8.17. The fourth-order valence-electron chi connectivity index (χ4n) is 0.217. The minimum absolute atomic E-state index is 0.365. The normalized spacial score (nSPS) is 9.42. The topological polar surface area (TPSA) is 86.5 Å². The van der Waals surface area contributed by atoms with Crippen molar-refractivity contribution in [2.75, 3.05) is 13.2 Å². The third kappa shape index (κ3) is 6.50. The van der Waals surface area contributed by atoms with Crippen molar-refractivity contribution in [3.63, 3.8) is 0 Å². The second-order valence-corrected chi connectivity index (χ2v) is 2.85. The van der Waals surface area contributed by atoms with Crippen LogP contribution in [0, 0.1) is 0 Å². The highest BCUT2D eigenvalue weighted by atomic mass is 32.1. The van der Waals surface area contributed by atoms with E-state index in [1.165, 1.54) is 11.5 Å². The van der Waals surface area contributed by atoms with E-state index in [0.29, 0.717) is 5.03 Å². The lowest BCUT2D eigenvalue weighted by atomic mass is 10.4. The van der Waals surface area contributed by atoms with Crippen LogP contribution in [-0.4, -0.2) is 44.2 Å². The van der Waals surface area contributed by atoms with Gasteiger partial charge in [-0.25, -0.2) is 0 Å². The van der Waals surface area contributed by atoms with Crippen molar-refractivity contribution in [1.29, 1.82) is 0 Å². The zero-order valence-electron chi connectivity index (χ0n) is 6.16. The fraction of sp³-hybridized carbons (Fsp3) is 0.600. The first-order valence-electron chi connectivity index (χ1n) is 3.06. The Kier molecular flexibility index (Phi) is 7.31. The number of hydrogen-bond donors (Lipinski definition) is 4. The molecule has 0 unspecified atom stereocenters. The molecule has 5 nitrogen and oxygen atoms in total. The minimum atomic E-state index is -0.954. The van der Waals surface area contributed by atoms with Gasteiger partial charge in [-0.05, 0) is 11.5 Å². The molecule has 0 radical (unpaired) electrons. The van der Waals surface area contributed by atoms with Gasteiger partial charge in [0.25, 0.3) is 0 Å². The van der Waals surface area contributed by atoms with E-state index in [1.807, 2.05) is 0 Å². The molecule has 70 valence electrons. The molecule has 3 N–H and O–H groups in total. The summed E-state index contributed by atoms with van der Waals surface area (Å²) < 4.78 is 3.54. The van der Waals surface area contributed by atoms with Crippen LogP contribution in [0.1, 0.15) is 0 Å². The van der Waals surface area contributed by atoms with Crippen LogP contribution >= 0.6 is 24.2 Å². The number of rotatable bonds is 2. The molecule has 0 aliphatic heterocycles. The standard InChI is InChI=1S/C3H8O3.C2H2N2S2/c4-1-3(6)2-5;5-2-1-6-4-3-2/h3-6H,1-2H2;1,5H. The van der Waals surface area contributed by atoms with Crippen LogP contribution in [0.2, 0.25) is 0 Å². The first kappa shape index (κ1) is 11.8. The molecule has 12 heavy (non-hydrogen) atoms. The van der Waals surface area contributed by atoms with Crippen molar-refractivity contribution in [3.05, 3.63) is 5.38 Å². The van der Waals surface area contributed by atoms with Crippen molar-refractivity contribution in [2.45, 2.75) is 11.1 Å². The lowest BCUT2D eigenvalue weighted by Crippen LogP contribution is -2.15. The smallest absolute Gasteiger partial charge is 0.128 e. The second-order valence-electron chi connectivity index (χ2n) is 1.78. The van der Waals surface area contributed by atoms with E-state index in [-0.39, 0.29) is 13.2 Å². The van der Waals surface area contributed by atoms with Crippen molar-refractivity contribution in [2.24, 2.45) is 0 Å². The SMILES string of the molecule is OCC(O)CO.Sc1csnn1. The summed E-state index contributed by atoms with van der Waals surface area (Å²) >= 11 is 5.17. The molecule has 0 bridgehead atoms. The Morgan fingerprint density at radius 3 is 2.17 bits per heavy atom. The van der Waals surface area contributed by atoms with Gasteiger partial charge in [-0.2, -0.15) is 0 Å². The quantitative estimate of drug-likeness (QED) is 0.478. The van der Waals surface area contributed by atoms with Crippen LogP contribution in [0.15, 0.2) is 10.4 Å². The maximum atomic E-state index is 8.17. The summed E-state index contributed by atoms with van der Waals surface area (Å²) in [6.07, 6.45) is -0.954. The van der Waals surface area contributed by atoms with E-state index in [1.54, 1.807) is 5.38 Å². The largest absolute Gasteiger partial charge is 0.394 e. The van der Waals surface area contributed by atoms with Gasteiger partial charge < -0.3 is 15.3 Å². The number of nitrogens with zero attached hydrogens (tertiary/aromatic N) is 2. The van der Waals surface area contributed by atoms with Crippen LogP contribution < -0.4 is 0 Å². The molecule has 1 rings (SSSR count). The summed E-state index contributed by atoms with van der Waals surface area (Å²) in [4.78, 5) is 0. The molecule has 0 aliphatic rings. The molecular weight excluding hydrogens is 200 g/mol. The first-order valence-corrected chi connectivity index (χ1v) is 4.35. The van der Waals surface area contributed by atoms with E-state index in [2.05, 4.69) is 22.2 Å². The maximum Gasteiger partial charge on any atom is 0.128 e. The van der Waals surface area contributed by atoms with Crippen molar-refractivity contribution in [3.8, 4) is 0 Å². The van der Waals surface area contributed by atoms with E-state index >= 15 is 0 Å². The van der Waals surface area contributed by atoms with Crippen molar-refractivity contribution in [1.82, 2.24) is 9.59 Å². The first-order chi connectivity index (χ1) is 5.70. The predicted octanol–water partition coefficient (Wildman–Crippen LogP) is -0.841. The van der Waals surface area contributed by atoms with Crippen LogP contribution in [0.3, 0.4) is 0 Å². The number of aromatic nitrogens is 2. The third-order valence-electron chi connectivity index (χ3n) is 0.770. The predicted molar refractivity (Wildman–Crippen MR) is 47.3 cm³/mol. The zero-order chi connectivity index (χ0) is 9.40. The summed E-state index contributed by atoms with van der Waals surface area (Å²) in [5.74, 6) is 0. The monoisotopic (exact) mass is 210 g/mol. The van der Waals surface area contributed by atoms with Crippen molar-refractivity contribution < 1.29 is 15.3 Å². The summed E-state index contributed by atoms with van der Waals surface area (Å²) in [6, 6.07) is 0. The van der Waals surface area contributed by atoms with Crippen LogP contribution in [0.25, 0.3) is 0 Å². The molecule has 0 amide bonds. The molecule has 0 saturated carbocycles. The number of aliphatic hydroxyl groups excluding tert-OH is 3. The highest BCUT2D eigenvalue weighted by Crippen LogP contribution is 1.99. The Morgan fingerprint density at radius 2 is 2.08 bits per heavy atom. The van der Waals surface area contributed by atoms with E-state index in [0.717, 1.165) is 0 Å². The van der Waals surface area contributed by atoms with Gasteiger partial charge in [-0.1, -0.05) is 4.49 Å². The lowest BCUT2D eigenvalue weighted by molar-refractivity contribution is 0.0450.